The molecule has 0 aromatic carbocycles. The Morgan fingerprint density at radius 3 is 2.56 bits per heavy atom. The van der Waals surface area contributed by atoms with Gasteiger partial charge in [-0.1, -0.05) is 26.0 Å². The van der Waals surface area contributed by atoms with E-state index < -0.39 is 0 Å². The molecule has 0 atom stereocenters. The Balaban J connectivity index is 2.60. The summed E-state index contributed by atoms with van der Waals surface area (Å²) < 4.78 is 2.30. The molecule has 1 heterocycles. The first kappa shape index (κ1) is 7.54. The Morgan fingerprint density at radius 1 is 1.56 bits per heavy atom. The quantitative estimate of drug-likeness (QED) is 0.355. The van der Waals surface area contributed by atoms with Crippen molar-refractivity contribution >= 4 is 22.9 Å². The van der Waals surface area contributed by atoms with Crippen LogP contribution in [0.1, 0.15) is 13.8 Å². The number of rotatable bonds is 0. The highest BCUT2D eigenvalue weighted by atomic mass is 127. The van der Waals surface area contributed by atoms with Crippen molar-refractivity contribution in [2.24, 2.45) is 5.41 Å². The lowest BCUT2D eigenvalue weighted by Crippen LogP contribution is -2.29. The fraction of sp³-hybridized carbons (Fsp3) is 0.714. The summed E-state index contributed by atoms with van der Waals surface area (Å²) in [4.78, 5) is 0. The second-order valence-electron chi connectivity index (χ2n) is 3.19. The van der Waals surface area contributed by atoms with Gasteiger partial charge in [-0.05, 0) is 5.41 Å². The summed E-state index contributed by atoms with van der Waals surface area (Å²) in [6.45, 7) is 6.79. The maximum atomic E-state index is 2.36. The number of halogens is 1. The molecule has 52 valence electrons. The highest BCUT2D eigenvalue weighted by molar-refractivity contribution is 14.1. The van der Waals surface area contributed by atoms with Gasteiger partial charge in [0.1, 0.15) is 0 Å². The SMILES string of the molecule is CC1(C)C=CCN(I)C1. The molecule has 1 nitrogen and oxygen atoms in total. The van der Waals surface area contributed by atoms with Crippen LogP contribution in [0.4, 0.5) is 0 Å². The maximum Gasteiger partial charge on any atom is 0.0262 e. The van der Waals surface area contributed by atoms with Crippen LogP contribution in [0.2, 0.25) is 0 Å². The molecule has 1 rings (SSSR count). The second-order valence-corrected chi connectivity index (χ2v) is 4.56. The van der Waals surface area contributed by atoms with E-state index in [9.17, 15) is 0 Å². The molecular weight excluding hydrogens is 225 g/mol. The molecule has 0 amide bonds. The minimum absolute atomic E-state index is 0.388. The van der Waals surface area contributed by atoms with Crippen molar-refractivity contribution < 1.29 is 0 Å². The van der Waals surface area contributed by atoms with Crippen molar-refractivity contribution in [3.63, 3.8) is 0 Å². The van der Waals surface area contributed by atoms with Crippen LogP contribution in [-0.4, -0.2) is 16.2 Å². The van der Waals surface area contributed by atoms with E-state index in [0.717, 1.165) is 6.54 Å². The molecule has 0 fully saturated rings. The van der Waals surface area contributed by atoms with Crippen molar-refractivity contribution in [3.8, 4) is 0 Å². The van der Waals surface area contributed by atoms with E-state index in [1.807, 2.05) is 0 Å². The van der Waals surface area contributed by atoms with Crippen molar-refractivity contribution in [2.45, 2.75) is 13.8 Å². The van der Waals surface area contributed by atoms with Gasteiger partial charge in [-0.25, -0.2) is 3.11 Å². The van der Waals surface area contributed by atoms with Crippen LogP contribution in [-0.2, 0) is 0 Å². The summed E-state index contributed by atoms with van der Waals surface area (Å²) in [5.74, 6) is 0. The maximum absolute atomic E-state index is 2.36. The molecule has 1 aliphatic heterocycles. The lowest BCUT2D eigenvalue weighted by Gasteiger charge is -2.29. The van der Waals surface area contributed by atoms with E-state index in [0.29, 0.717) is 5.41 Å². The molecule has 0 N–H and O–H groups in total. The van der Waals surface area contributed by atoms with Crippen molar-refractivity contribution in [2.75, 3.05) is 13.1 Å². The van der Waals surface area contributed by atoms with Gasteiger partial charge in [0.25, 0.3) is 0 Å². The molecule has 2 heteroatoms. The molecule has 0 unspecified atom stereocenters. The monoisotopic (exact) mass is 237 g/mol. The van der Waals surface area contributed by atoms with E-state index in [1.54, 1.807) is 0 Å². The van der Waals surface area contributed by atoms with E-state index in [4.69, 9.17) is 0 Å². The van der Waals surface area contributed by atoms with Crippen LogP contribution in [0, 0.1) is 5.41 Å². The van der Waals surface area contributed by atoms with Gasteiger partial charge in [0.2, 0.25) is 0 Å². The fourth-order valence-electron chi connectivity index (χ4n) is 1.05. The lowest BCUT2D eigenvalue weighted by molar-refractivity contribution is 0.353. The smallest absolute Gasteiger partial charge is 0.0262 e. The molecule has 1 aliphatic rings. The van der Waals surface area contributed by atoms with Gasteiger partial charge in [-0.15, -0.1) is 0 Å². The minimum atomic E-state index is 0.388. The molecule has 0 spiro atoms. The Labute approximate surface area is 70.6 Å². The number of hydrogen-bond donors (Lipinski definition) is 0. The molecule has 0 aliphatic carbocycles. The van der Waals surface area contributed by atoms with Gasteiger partial charge in [-0.3, -0.25) is 0 Å². The third kappa shape index (κ3) is 2.26. The number of nitrogens with zero attached hydrogens (tertiary/aromatic N) is 1. The first-order valence-corrected chi connectivity index (χ1v) is 4.15. The predicted molar refractivity (Wildman–Crippen MR) is 48.5 cm³/mol. The third-order valence-electron chi connectivity index (χ3n) is 1.45. The molecule has 0 aromatic rings. The summed E-state index contributed by atoms with van der Waals surface area (Å²) in [7, 11) is 0. The van der Waals surface area contributed by atoms with Gasteiger partial charge in [0.05, 0.1) is 0 Å². The van der Waals surface area contributed by atoms with Crippen molar-refractivity contribution in [1.29, 1.82) is 0 Å². The molecule has 0 radical (unpaired) electrons. The first-order valence-electron chi connectivity index (χ1n) is 3.19. The Hall–Kier alpha value is 0.430. The minimum Gasteiger partial charge on any atom is -0.243 e. The summed E-state index contributed by atoms with van der Waals surface area (Å²) in [5, 5.41) is 0. The molecule has 9 heavy (non-hydrogen) atoms. The molecule has 0 saturated carbocycles. The zero-order valence-electron chi connectivity index (χ0n) is 5.89. The highest BCUT2D eigenvalue weighted by Crippen LogP contribution is 2.24. The highest BCUT2D eigenvalue weighted by Gasteiger charge is 2.19. The van der Waals surface area contributed by atoms with Crippen LogP contribution in [0.25, 0.3) is 0 Å². The number of hydrogen-bond acceptors (Lipinski definition) is 1. The Kier molecular flexibility index (Phi) is 2.16. The first-order chi connectivity index (χ1) is 4.10. The second kappa shape index (κ2) is 2.58. The predicted octanol–water partition coefficient (Wildman–Crippen LogP) is 2.23. The third-order valence-corrected chi connectivity index (χ3v) is 2.19. The van der Waals surface area contributed by atoms with Gasteiger partial charge in [0, 0.05) is 36.0 Å². The molecule has 0 aromatic heterocycles. The summed E-state index contributed by atoms with van der Waals surface area (Å²) in [6, 6.07) is 0. The Morgan fingerprint density at radius 2 is 2.22 bits per heavy atom. The largest absolute Gasteiger partial charge is 0.243 e. The summed E-state index contributed by atoms with van der Waals surface area (Å²) >= 11 is 2.36. The van der Waals surface area contributed by atoms with Gasteiger partial charge in [-0.2, -0.15) is 0 Å². The average Bonchev–Trinajstić information content (AvgIpc) is 1.60. The van der Waals surface area contributed by atoms with Crippen molar-refractivity contribution in [3.05, 3.63) is 12.2 Å². The topological polar surface area (TPSA) is 3.24 Å². The van der Waals surface area contributed by atoms with E-state index in [2.05, 4.69) is 52.0 Å². The van der Waals surface area contributed by atoms with Crippen LogP contribution in [0.15, 0.2) is 12.2 Å². The summed E-state index contributed by atoms with van der Waals surface area (Å²) in [6.07, 6.45) is 4.53. The van der Waals surface area contributed by atoms with Gasteiger partial charge >= 0.3 is 0 Å². The van der Waals surface area contributed by atoms with Gasteiger partial charge in [0.15, 0.2) is 0 Å². The zero-order valence-corrected chi connectivity index (χ0v) is 8.05. The standard InChI is InChI=1S/C7H12IN/c1-7(2)4-3-5-9(8)6-7/h3-4H,5-6H2,1-2H3. The summed E-state index contributed by atoms with van der Waals surface area (Å²) in [5.41, 5.74) is 0.388. The van der Waals surface area contributed by atoms with Crippen LogP contribution < -0.4 is 0 Å². The van der Waals surface area contributed by atoms with Crippen LogP contribution >= 0.6 is 22.9 Å². The normalized spacial score (nSPS) is 26.6. The molecule has 0 saturated heterocycles. The average molecular weight is 237 g/mol. The molecule has 0 bridgehead atoms. The zero-order chi connectivity index (χ0) is 6.91. The Bertz CT molecular complexity index is 129. The molecular formula is C7H12IN. The van der Waals surface area contributed by atoms with Crippen molar-refractivity contribution in [1.82, 2.24) is 3.11 Å². The van der Waals surface area contributed by atoms with E-state index in [1.165, 1.54) is 6.54 Å². The lowest BCUT2D eigenvalue weighted by atomic mass is 9.91. The van der Waals surface area contributed by atoms with Crippen LogP contribution in [0.3, 0.4) is 0 Å². The van der Waals surface area contributed by atoms with Gasteiger partial charge < -0.3 is 0 Å². The van der Waals surface area contributed by atoms with Crippen LogP contribution in [0.5, 0.6) is 0 Å². The van der Waals surface area contributed by atoms with E-state index >= 15 is 0 Å². The fourth-order valence-corrected chi connectivity index (χ4v) is 2.15. The van der Waals surface area contributed by atoms with E-state index in [-0.39, 0.29) is 0 Å².